The Labute approximate surface area is 189 Å². The van der Waals surface area contributed by atoms with Crippen molar-refractivity contribution in [3.05, 3.63) is 40.5 Å². The van der Waals surface area contributed by atoms with Crippen LogP contribution in [0.4, 0.5) is 11.4 Å². The number of nitrogens with two attached hydrogens (primary N) is 2. The van der Waals surface area contributed by atoms with Crippen molar-refractivity contribution >= 4 is 39.0 Å². The minimum absolute atomic E-state index is 0.00723. The molecule has 1 fully saturated rings. The number of amides is 1. The lowest BCUT2D eigenvalue weighted by atomic mass is 10.0. The first kappa shape index (κ1) is 20.9. The van der Waals surface area contributed by atoms with E-state index in [4.69, 9.17) is 20.9 Å². The van der Waals surface area contributed by atoms with E-state index in [1.165, 1.54) is 11.3 Å². The van der Waals surface area contributed by atoms with Crippen LogP contribution in [0.3, 0.4) is 0 Å². The third-order valence-electron chi connectivity index (χ3n) is 6.03. The first-order chi connectivity index (χ1) is 15.4. The van der Waals surface area contributed by atoms with Crippen LogP contribution >= 0.6 is 11.3 Å². The van der Waals surface area contributed by atoms with Crippen molar-refractivity contribution in [2.75, 3.05) is 37.4 Å². The molecule has 32 heavy (non-hydrogen) atoms. The van der Waals surface area contributed by atoms with Gasteiger partial charge in [0.2, 0.25) is 0 Å². The Morgan fingerprint density at radius 3 is 3.00 bits per heavy atom. The summed E-state index contributed by atoms with van der Waals surface area (Å²) in [6.07, 6.45) is 2.36. The molecule has 10 heteroatoms. The quantitative estimate of drug-likeness (QED) is 0.541. The number of methoxy groups -OCH3 is 1. The van der Waals surface area contributed by atoms with Gasteiger partial charge in [0, 0.05) is 38.1 Å². The fraction of sp³-hybridized carbons (Fsp3) is 0.409. The number of hydrogen-bond acceptors (Lipinski definition) is 9. The van der Waals surface area contributed by atoms with Crippen LogP contribution in [0.15, 0.2) is 24.4 Å². The average molecular weight is 455 g/mol. The number of nitrogens with zero attached hydrogens (tertiary/aromatic N) is 3. The molecule has 168 valence electrons. The Morgan fingerprint density at radius 2 is 2.22 bits per heavy atom. The average Bonchev–Trinajstić information content (AvgIpc) is 3.32. The van der Waals surface area contributed by atoms with E-state index < -0.39 is 0 Å². The number of anilines is 2. The third kappa shape index (κ3) is 3.74. The Bertz CT molecular complexity index is 1180. The van der Waals surface area contributed by atoms with E-state index >= 15 is 0 Å². The molecule has 1 saturated heterocycles. The van der Waals surface area contributed by atoms with Gasteiger partial charge in [0.1, 0.15) is 27.6 Å². The molecule has 3 aromatic rings. The Hall–Kier alpha value is -2.95. The van der Waals surface area contributed by atoms with Crippen LogP contribution in [0.2, 0.25) is 0 Å². The number of thiophene rings is 1. The van der Waals surface area contributed by atoms with E-state index in [1.54, 1.807) is 13.3 Å². The number of carbonyl (C=O) groups excluding carboxylic acids is 1. The summed E-state index contributed by atoms with van der Waals surface area (Å²) in [7, 11) is 1.69. The van der Waals surface area contributed by atoms with E-state index in [2.05, 4.69) is 32.3 Å². The highest BCUT2D eigenvalue weighted by Crippen LogP contribution is 2.33. The van der Waals surface area contributed by atoms with Crippen LogP contribution in [-0.4, -0.2) is 60.9 Å². The van der Waals surface area contributed by atoms with E-state index in [9.17, 15) is 4.79 Å². The minimum atomic E-state index is -0.227. The summed E-state index contributed by atoms with van der Waals surface area (Å²) in [4.78, 5) is 25.0. The van der Waals surface area contributed by atoms with Crippen LogP contribution in [-0.2, 0) is 11.2 Å². The molecule has 3 atom stereocenters. The fourth-order valence-corrected chi connectivity index (χ4v) is 5.30. The van der Waals surface area contributed by atoms with E-state index in [0.717, 1.165) is 35.8 Å². The third-order valence-corrected chi connectivity index (χ3v) is 7.12. The highest BCUT2D eigenvalue weighted by Gasteiger charge is 2.31. The van der Waals surface area contributed by atoms with Gasteiger partial charge in [0.25, 0.3) is 5.91 Å². The van der Waals surface area contributed by atoms with E-state index in [-0.39, 0.29) is 24.1 Å². The summed E-state index contributed by atoms with van der Waals surface area (Å²) in [6.45, 7) is 3.76. The molecule has 0 bridgehead atoms. The molecule has 1 amide bonds. The van der Waals surface area contributed by atoms with Gasteiger partial charge < -0.3 is 31.2 Å². The SMILES string of the molecule is CO[C@@H]1CN(c2ccc3c(c2)OC[C@H](NC(=O)c2sc4nc(C)cnc4c2N)C3)C[C@@H]1N. The maximum Gasteiger partial charge on any atom is 0.263 e. The standard InChI is InChI=1S/C22H26N6O3S/c1-11-7-25-19-18(24)20(32-22(19)26-11)21(29)27-13-5-12-3-4-14(6-16(12)31-10-13)28-8-15(23)17(9-28)30-2/h3-4,6-7,13,15,17H,5,8-10,23-24H2,1-2H3,(H,27,29)/t13-,15+,17-/m1/s1. The van der Waals surface area contributed by atoms with Crippen molar-refractivity contribution in [2.45, 2.75) is 31.5 Å². The monoisotopic (exact) mass is 454 g/mol. The molecule has 2 aromatic heterocycles. The summed E-state index contributed by atoms with van der Waals surface area (Å²) in [6, 6.07) is 6.01. The first-order valence-electron chi connectivity index (χ1n) is 10.5. The maximum absolute atomic E-state index is 12.9. The second-order valence-corrected chi connectivity index (χ2v) is 9.33. The van der Waals surface area contributed by atoms with Gasteiger partial charge in [-0.15, -0.1) is 11.3 Å². The summed E-state index contributed by atoms with van der Waals surface area (Å²) in [5.74, 6) is 0.614. The van der Waals surface area contributed by atoms with Crippen molar-refractivity contribution in [3.63, 3.8) is 0 Å². The summed E-state index contributed by atoms with van der Waals surface area (Å²) in [5.41, 5.74) is 16.2. The second-order valence-electron chi connectivity index (χ2n) is 8.33. The molecule has 1 aromatic carbocycles. The number of nitrogens with one attached hydrogen (secondary N) is 1. The molecule has 5 N–H and O–H groups in total. The lowest BCUT2D eigenvalue weighted by molar-refractivity contribution is 0.0920. The van der Waals surface area contributed by atoms with Gasteiger partial charge in [-0.05, 0) is 25.0 Å². The molecule has 4 heterocycles. The zero-order valence-electron chi connectivity index (χ0n) is 18.0. The van der Waals surface area contributed by atoms with Gasteiger partial charge in [0.15, 0.2) is 0 Å². The number of benzene rings is 1. The molecule has 0 radical (unpaired) electrons. The molecule has 0 spiro atoms. The van der Waals surface area contributed by atoms with Gasteiger partial charge in [-0.25, -0.2) is 9.97 Å². The van der Waals surface area contributed by atoms with Crippen molar-refractivity contribution in [1.29, 1.82) is 0 Å². The minimum Gasteiger partial charge on any atom is -0.491 e. The second kappa shape index (κ2) is 8.19. The molecule has 5 rings (SSSR count). The smallest absolute Gasteiger partial charge is 0.263 e. The number of fused-ring (bicyclic) bond motifs is 2. The van der Waals surface area contributed by atoms with Crippen molar-refractivity contribution in [3.8, 4) is 5.75 Å². The first-order valence-corrected chi connectivity index (χ1v) is 11.4. The van der Waals surface area contributed by atoms with Crippen LogP contribution in [0.1, 0.15) is 20.9 Å². The highest BCUT2D eigenvalue weighted by atomic mass is 32.1. The lowest BCUT2D eigenvalue weighted by Gasteiger charge is -2.28. The number of carbonyl (C=O) groups is 1. The predicted molar refractivity (Wildman–Crippen MR) is 124 cm³/mol. The largest absolute Gasteiger partial charge is 0.491 e. The van der Waals surface area contributed by atoms with Crippen molar-refractivity contribution in [1.82, 2.24) is 15.3 Å². The van der Waals surface area contributed by atoms with E-state index in [1.807, 2.05) is 13.0 Å². The molecule has 0 aliphatic carbocycles. The molecule has 9 nitrogen and oxygen atoms in total. The Balaban J connectivity index is 1.28. The molecule has 2 aliphatic heterocycles. The van der Waals surface area contributed by atoms with Gasteiger partial charge in [-0.3, -0.25) is 4.79 Å². The molecule has 0 saturated carbocycles. The van der Waals surface area contributed by atoms with Crippen LogP contribution in [0.5, 0.6) is 5.75 Å². The molecule has 2 aliphatic rings. The maximum atomic E-state index is 12.9. The van der Waals surface area contributed by atoms with Gasteiger partial charge in [-0.2, -0.15) is 0 Å². The van der Waals surface area contributed by atoms with Crippen molar-refractivity contribution in [2.24, 2.45) is 5.73 Å². The zero-order valence-corrected chi connectivity index (χ0v) is 18.8. The van der Waals surface area contributed by atoms with E-state index in [0.29, 0.717) is 33.9 Å². The number of nitrogen functional groups attached to an aromatic ring is 1. The summed E-state index contributed by atoms with van der Waals surface area (Å²) >= 11 is 1.26. The van der Waals surface area contributed by atoms with Gasteiger partial charge >= 0.3 is 0 Å². The zero-order chi connectivity index (χ0) is 22.4. The van der Waals surface area contributed by atoms with Gasteiger partial charge in [-0.1, -0.05) is 6.07 Å². The number of hydrogen-bond donors (Lipinski definition) is 3. The normalized spacial score (nSPS) is 22.6. The number of ether oxygens (including phenoxy) is 2. The topological polar surface area (TPSA) is 129 Å². The van der Waals surface area contributed by atoms with Crippen LogP contribution in [0, 0.1) is 6.92 Å². The predicted octanol–water partition coefficient (Wildman–Crippen LogP) is 1.48. The van der Waals surface area contributed by atoms with Gasteiger partial charge in [0.05, 0.1) is 29.6 Å². The fourth-order valence-electron chi connectivity index (χ4n) is 4.30. The number of aromatic nitrogens is 2. The number of rotatable bonds is 4. The molecular formula is C22H26N6O3S. The van der Waals surface area contributed by atoms with Crippen molar-refractivity contribution < 1.29 is 14.3 Å². The lowest BCUT2D eigenvalue weighted by Crippen LogP contribution is -2.42. The van der Waals surface area contributed by atoms with Crippen LogP contribution < -0.4 is 26.4 Å². The molecular weight excluding hydrogens is 428 g/mol. The van der Waals surface area contributed by atoms with Crippen LogP contribution in [0.25, 0.3) is 10.3 Å². The highest BCUT2D eigenvalue weighted by molar-refractivity contribution is 7.21. The summed E-state index contributed by atoms with van der Waals surface area (Å²) < 4.78 is 11.5. The Morgan fingerprint density at radius 1 is 1.38 bits per heavy atom. The summed E-state index contributed by atoms with van der Waals surface area (Å²) in [5, 5.41) is 3.05. The molecule has 0 unspecified atom stereocenters. The Kier molecular flexibility index (Phi) is 5.36. The number of aryl methyl sites for hydroxylation is 1.